The Morgan fingerprint density at radius 3 is 1.21 bits per heavy atom. The number of nitrogens with zero attached hydrogens (tertiary/aromatic N) is 9. The van der Waals surface area contributed by atoms with Crippen LogP contribution in [0.15, 0.2) is 440 Å². The molecule has 0 bridgehead atoms. The number of rotatable bonds is 11. The van der Waals surface area contributed by atoms with Crippen LogP contribution >= 0.6 is 22.7 Å². The van der Waals surface area contributed by atoms with Crippen molar-refractivity contribution in [2.24, 2.45) is 0 Å². The standard InChI is InChI=1S/C43H25N3O2.C41H25N3S.C35H21N3S/c1-3-10-26(11-4-1)30-18-20-37-35(23-30)40-32(16-9-17-38(40)47-37)43-45-41(27-12-5-2-6-13-27)44-42(46-43)31-19-21-36-33(24-31)34-22-28-14-7-8-15-29(28)25-39(34)48-36;1-3-13-27(14-4-1)33-20-11-21-34-36-35(45-38(33)34)25-30-18-9-10-19-32(30)37(36)41-43-39(28-15-5-2-6-16-28)42-40(44-41)31-23-22-26-12-7-8-17-29(26)24-31;1-2-11-23(12-3-1)33-36-34(27-17-8-15-22-10-6-7-16-26(22)27)38-35(37-33)28-18-9-19-30-32(28)29-20-24-13-4-5-14-25(24)21-31(29)39-30/h1-25H;1-25H;1-21H. The van der Waals surface area contributed by atoms with Crippen molar-refractivity contribution in [3.8, 4) is 125 Å². The van der Waals surface area contributed by atoms with Crippen molar-refractivity contribution < 1.29 is 8.83 Å². The molecule has 0 unspecified atom stereocenters. The molecule has 616 valence electrons. The Hall–Kier alpha value is -17.2. The van der Waals surface area contributed by atoms with E-state index in [0.29, 0.717) is 52.4 Å². The van der Waals surface area contributed by atoms with E-state index in [0.717, 1.165) is 132 Å². The summed E-state index contributed by atoms with van der Waals surface area (Å²) in [5.74, 6) is 5.82. The first-order valence-corrected chi connectivity index (χ1v) is 45.6. The fourth-order valence-electron chi connectivity index (χ4n) is 18.6. The van der Waals surface area contributed by atoms with Crippen LogP contribution in [0.2, 0.25) is 0 Å². The lowest BCUT2D eigenvalue weighted by Crippen LogP contribution is -2.01. The first-order valence-electron chi connectivity index (χ1n) is 43.9. The molecule has 132 heavy (non-hydrogen) atoms. The van der Waals surface area contributed by atoms with Crippen LogP contribution < -0.4 is 0 Å². The van der Waals surface area contributed by atoms with E-state index >= 15 is 0 Å². The predicted molar refractivity (Wildman–Crippen MR) is 547 cm³/mol. The van der Waals surface area contributed by atoms with Crippen LogP contribution in [0.25, 0.3) is 263 Å². The fraction of sp³-hybridized carbons (Fsp3) is 0. The predicted octanol–water partition coefficient (Wildman–Crippen LogP) is 32.3. The number of furan rings is 2. The van der Waals surface area contributed by atoms with Gasteiger partial charge in [0.2, 0.25) is 0 Å². The highest BCUT2D eigenvalue weighted by Crippen LogP contribution is 2.49. The molecular weight excluding hydrogens is 1650 g/mol. The maximum Gasteiger partial charge on any atom is 0.165 e. The minimum atomic E-state index is 0.584. The molecule has 0 aliphatic rings. The van der Waals surface area contributed by atoms with Gasteiger partial charge < -0.3 is 8.83 Å². The van der Waals surface area contributed by atoms with Gasteiger partial charge in [-0.1, -0.05) is 352 Å². The maximum atomic E-state index is 6.36. The molecule has 7 aromatic heterocycles. The average molecular weight is 1720 g/mol. The van der Waals surface area contributed by atoms with E-state index in [1.165, 1.54) is 78.4 Å². The van der Waals surface area contributed by atoms with Gasteiger partial charge in [0.05, 0.1) is 0 Å². The van der Waals surface area contributed by atoms with Crippen molar-refractivity contribution in [3.05, 3.63) is 431 Å². The van der Waals surface area contributed by atoms with Gasteiger partial charge in [0.15, 0.2) is 52.4 Å². The van der Waals surface area contributed by atoms with Crippen LogP contribution in [0.4, 0.5) is 0 Å². The summed E-state index contributed by atoms with van der Waals surface area (Å²) in [6.07, 6.45) is 0. The minimum absolute atomic E-state index is 0.584. The van der Waals surface area contributed by atoms with Crippen molar-refractivity contribution in [3.63, 3.8) is 0 Å². The van der Waals surface area contributed by atoms with Gasteiger partial charge in [-0.15, -0.1) is 22.7 Å². The summed E-state index contributed by atoms with van der Waals surface area (Å²) in [6, 6.07) is 149. The normalized spacial score (nSPS) is 11.6. The molecule has 11 nitrogen and oxygen atoms in total. The van der Waals surface area contributed by atoms with Gasteiger partial charge in [-0.3, -0.25) is 0 Å². The highest BCUT2D eigenvalue weighted by molar-refractivity contribution is 7.26. The molecule has 27 rings (SSSR count). The van der Waals surface area contributed by atoms with Gasteiger partial charge in [-0.2, -0.15) is 0 Å². The first kappa shape index (κ1) is 77.1. The molecule has 20 aromatic carbocycles. The van der Waals surface area contributed by atoms with Crippen LogP contribution in [-0.2, 0) is 0 Å². The summed E-state index contributed by atoms with van der Waals surface area (Å²) in [6.45, 7) is 0. The van der Waals surface area contributed by atoms with Crippen molar-refractivity contribution >= 4 is 161 Å². The number of thiophene rings is 2. The Balaban J connectivity index is 0.000000107. The number of hydrogen-bond donors (Lipinski definition) is 0. The lowest BCUT2D eigenvalue weighted by molar-refractivity contribution is 0.669. The molecule has 0 radical (unpaired) electrons. The summed E-state index contributed by atoms with van der Waals surface area (Å²) < 4.78 is 17.6. The quantitative estimate of drug-likeness (QED) is 0.122. The summed E-state index contributed by atoms with van der Waals surface area (Å²) in [7, 11) is 0. The van der Waals surface area contributed by atoms with Crippen LogP contribution in [0, 0.1) is 0 Å². The molecule has 0 aliphatic carbocycles. The van der Waals surface area contributed by atoms with Crippen LogP contribution in [0.5, 0.6) is 0 Å². The zero-order valence-electron chi connectivity index (χ0n) is 70.6. The topological polar surface area (TPSA) is 142 Å². The lowest BCUT2D eigenvalue weighted by Gasteiger charge is -2.12. The van der Waals surface area contributed by atoms with Gasteiger partial charge in [0.1, 0.15) is 22.3 Å². The van der Waals surface area contributed by atoms with Crippen molar-refractivity contribution in [2.75, 3.05) is 0 Å². The first-order chi connectivity index (χ1) is 65.4. The summed E-state index contributed by atoms with van der Waals surface area (Å²) >= 11 is 3.66. The van der Waals surface area contributed by atoms with Crippen molar-refractivity contribution in [2.45, 2.75) is 0 Å². The Morgan fingerprint density at radius 1 is 0.159 bits per heavy atom. The molecule has 0 aliphatic heterocycles. The molecule has 13 heteroatoms. The molecule has 0 N–H and O–H groups in total. The second kappa shape index (κ2) is 32.6. The smallest absolute Gasteiger partial charge is 0.165 e. The van der Waals surface area contributed by atoms with Crippen LogP contribution in [0.3, 0.4) is 0 Å². The molecule has 0 saturated carbocycles. The van der Waals surface area contributed by atoms with Crippen LogP contribution in [-0.4, -0.2) is 44.9 Å². The highest BCUT2D eigenvalue weighted by atomic mass is 32.1. The van der Waals surface area contributed by atoms with E-state index in [9.17, 15) is 0 Å². The molecule has 0 amide bonds. The third kappa shape index (κ3) is 14.0. The molecule has 0 fully saturated rings. The van der Waals surface area contributed by atoms with Crippen molar-refractivity contribution in [1.82, 2.24) is 44.9 Å². The van der Waals surface area contributed by atoms with E-state index in [1.807, 2.05) is 132 Å². The molecule has 0 spiro atoms. The average Bonchev–Trinajstić information content (AvgIpc) is 1.51. The van der Waals surface area contributed by atoms with Gasteiger partial charge >= 0.3 is 0 Å². The third-order valence-corrected chi connectivity index (χ3v) is 27.2. The van der Waals surface area contributed by atoms with Gasteiger partial charge in [0.25, 0.3) is 0 Å². The number of benzene rings is 20. The molecule has 0 atom stereocenters. The highest BCUT2D eigenvalue weighted by Gasteiger charge is 2.26. The monoisotopic (exact) mass is 1720 g/mol. The van der Waals surface area contributed by atoms with E-state index in [-0.39, 0.29) is 0 Å². The molecule has 0 saturated heterocycles. The van der Waals surface area contributed by atoms with Gasteiger partial charge in [-0.05, 0) is 155 Å². The molecule has 7 heterocycles. The zero-order valence-corrected chi connectivity index (χ0v) is 72.3. The number of hydrogen-bond acceptors (Lipinski definition) is 13. The number of fused-ring (bicyclic) bond motifs is 17. The van der Waals surface area contributed by atoms with E-state index in [4.69, 9.17) is 53.7 Å². The third-order valence-electron chi connectivity index (χ3n) is 24.9. The second-order valence-corrected chi connectivity index (χ2v) is 35.1. The fourth-order valence-corrected chi connectivity index (χ4v) is 21.0. The largest absolute Gasteiger partial charge is 0.456 e. The van der Waals surface area contributed by atoms with Crippen molar-refractivity contribution in [1.29, 1.82) is 0 Å². The maximum absolute atomic E-state index is 6.36. The Bertz CT molecular complexity index is 9240. The molecule has 27 aromatic rings. The molecular formula is C119H71N9O2S2. The SMILES string of the molecule is c1ccc(-c2ccc3oc4cccc(-c5nc(-c6ccccc6)nc(-c6ccc7oc8cc9ccccc9cc8c7c6)n5)c4c3c2)cc1.c1ccc(-c2nc(-c3ccc4ccccc4c3)nc(-c3c4ccccc4cc4sc5c(-c6ccccc6)cccc5c34)n2)cc1.c1ccc(-c2nc(-c3cccc4ccccc34)nc(-c3cccc4sc5cc6ccccc6cc5c34)n2)cc1. The van der Waals surface area contributed by atoms with Gasteiger partial charge in [-0.25, -0.2) is 44.9 Å². The number of aromatic nitrogens is 9. The van der Waals surface area contributed by atoms with E-state index in [1.54, 1.807) is 0 Å². The van der Waals surface area contributed by atoms with Gasteiger partial charge in [0, 0.05) is 112 Å². The second-order valence-electron chi connectivity index (χ2n) is 32.9. The van der Waals surface area contributed by atoms with E-state index in [2.05, 4.69) is 322 Å². The van der Waals surface area contributed by atoms with E-state index < -0.39 is 0 Å². The zero-order chi connectivity index (χ0) is 87.1. The lowest BCUT2D eigenvalue weighted by atomic mass is 9.96. The van der Waals surface area contributed by atoms with Crippen LogP contribution in [0.1, 0.15) is 0 Å². The summed E-state index contributed by atoms with van der Waals surface area (Å²) in [5.41, 5.74) is 16.7. The Morgan fingerprint density at radius 2 is 0.561 bits per heavy atom. The summed E-state index contributed by atoms with van der Waals surface area (Å²) in [4.78, 5) is 46.0. The Labute approximate surface area is 764 Å². The summed E-state index contributed by atoms with van der Waals surface area (Å²) in [5, 5.41) is 20.6. The minimum Gasteiger partial charge on any atom is -0.456 e. The Kier molecular flexibility index (Phi) is 19.0.